The molecule has 1 aliphatic rings. The molecule has 6 heteroatoms. The standard InChI is InChI=1S/C12H21N3O3/c1-2-3-5-9(12(18)14-8-10(13)16)15-7-4-6-11(15)17/h9H,2-8H2,1H3,(H2,13,16)(H,14,18). The number of amides is 3. The Labute approximate surface area is 107 Å². The van der Waals surface area contributed by atoms with Gasteiger partial charge in [-0.05, 0) is 12.8 Å². The number of likely N-dealkylation sites (tertiary alicyclic amines) is 1. The molecule has 18 heavy (non-hydrogen) atoms. The summed E-state index contributed by atoms with van der Waals surface area (Å²) in [5.74, 6) is -0.840. The van der Waals surface area contributed by atoms with Gasteiger partial charge >= 0.3 is 0 Å². The van der Waals surface area contributed by atoms with Gasteiger partial charge < -0.3 is 16.0 Å². The molecule has 1 aliphatic heterocycles. The molecule has 1 fully saturated rings. The van der Waals surface area contributed by atoms with E-state index in [-0.39, 0.29) is 18.4 Å². The smallest absolute Gasteiger partial charge is 0.243 e. The first-order valence-corrected chi connectivity index (χ1v) is 6.41. The van der Waals surface area contributed by atoms with Gasteiger partial charge in [-0.2, -0.15) is 0 Å². The van der Waals surface area contributed by atoms with E-state index in [1.54, 1.807) is 4.90 Å². The number of primary amides is 1. The number of unbranched alkanes of at least 4 members (excludes halogenated alkanes) is 1. The summed E-state index contributed by atoms with van der Waals surface area (Å²) >= 11 is 0. The molecule has 0 bridgehead atoms. The highest BCUT2D eigenvalue weighted by molar-refractivity contribution is 5.90. The van der Waals surface area contributed by atoms with E-state index < -0.39 is 11.9 Å². The summed E-state index contributed by atoms with van der Waals surface area (Å²) in [6.07, 6.45) is 3.77. The highest BCUT2D eigenvalue weighted by Crippen LogP contribution is 2.17. The molecule has 0 radical (unpaired) electrons. The zero-order chi connectivity index (χ0) is 13.5. The van der Waals surface area contributed by atoms with Gasteiger partial charge in [-0.1, -0.05) is 19.8 Å². The number of hydrogen-bond donors (Lipinski definition) is 2. The van der Waals surface area contributed by atoms with Crippen molar-refractivity contribution in [3.05, 3.63) is 0 Å². The minimum absolute atomic E-state index is 0.0188. The molecule has 1 rings (SSSR count). The number of nitrogens with one attached hydrogen (secondary N) is 1. The SMILES string of the molecule is CCCCC(C(=O)NCC(N)=O)N1CCCC1=O. The summed E-state index contributed by atoms with van der Waals surface area (Å²) in [4.78, 5) is 35.9. The van der Waals surface area contributed by atoms with Crippen LogP contribution in [0.25, 0.3) is 0 Å². The quantitative estimate of drug-likeness (QED) is 0.658. The highest BCUT2D eigenvalue weighted by Gasteiger charge is 2.32. The van der Waals surface area contributed by atoms with E-state index >= 15 is 0 Å². The fraction of sp³-hybridized carbons (Fsp3) is 0.750. The van der Waals surface area contributed by atoms with Crippen molar-refractivity contribution in [2.45, 2.75) is 45.1 Å². The number of rotatable bonds is 7. The van der Waals surface area contributed by atoms with Crippen LogP contribution in [0.15, 0.2) is 0 Å². The highest BCUT2D eigenvalue weighted by atomic mass is 16.2. The maximum Gasteiger partial charge on any atom is 0.243 e. The average Bonchev–Trinajstić information content (AvgIpc) is 2.73. The third kappa shape index (κ3) is 4.01. The van der Waals surface area contributed by atoms with Gasteiger partial charge in [0.1, 0.15) is 6.04 Å². The maximum absolute atomic E-state index is 12.0. The number of carbonyl (C=O) groups is 3. The van der Waals surface area contributed by atoms with Crippen LogP contribution in [0.2, 0.25) is 0 Å². The van der Waals surface area contributed by atoms with Crippen LogP contribution in [0.3, 0.4) is 0 Å². The van der Waals surface area contributed by atoms with E-state index in [4.69, 9.17) is 5.73 Å². The summed E-state index contributed by atoms with van der Waals surface area (Å²) in [5, 5.41) is 2.48. The molecule has 1 saturated heterocycles. The number of hydrogen-bond acceptors (Lipinski definition) is 3. The van der Waals surface area contributed by atoms with Gasteiger partial charge in [0.2, 0.25) is 17.7 Å². The molecule has 6 nitrogen and oxygen atoms in total. The van der Waals surface area contributed by atoms with Crippen LogP contribution in [0.5, 0.6) is 0 Å². The van der Waals surface area contributed by atoms with E-state index in [1.165, 1.54) is 0 Å². The first-order chi connectivity index (χ1) is 8.56. The van der Waals surface area contributed by atoms with Gasteiger partial charge in [0.25, 0.3) is 0 Å². The zero-order valence-electron chi connectivity index (χ0n) is 10.8. The third-order valence-corrected chi connectivity index (χ3v) is 3.06. The van der Waals surface area contributed by atoms with Gasteiger partial charge in [-0.25, -0.2) is 0 Å². The Kier molecular flexibility index (Phi) is 5.61. The van der Waals surface area contributed by atoms with Crippen LogP contribution in [-0.2, 0) is 14.4 Å². The predicted octanol–water partition coefficient (Wildman–Crippen LogP) is -0.231. The molecule has 0 saturated carbocycles. The summed E-state index contributed by atoms with van der Waals surface area (Å²) in [6, 6.07) is -0.459. The second kappa shape index (κ2) is 6.98. The van der Waals surface area contributed by atoms with E-state index in [0.29, 0.717) is 19.4 Å². The minimum Gasteiger partial charge on any atom is -0.368 e. The van der Waals surface area contributed by atoms with Crippen molar-refractivity contribution in [3.63, 3.8) is 0 Å². The normalized spacial score (nSPS) is 16.7. The van der Waals surface area contributed by atoms with Crippen LogP contribution in [0.4, 0.5) is 0 Å². The third-order valence-electron chi connectivity index (χ3n) is 3.06. The van der Waals surface area contributed by atoms with Crippen LogP contribution >= 0.6 is 0 Å². The molecule has 1 unspecified atom stereocenters. The Bertz CT molecular complexity index is 331. The molecule has 3 amide bonds. The molecule has 1 heterocycles. The lowest BCUT2D eigenvalue weighted by Gasteiger charge is -2.26. The van der Waals surface area contributed by atoms with E-state index in [1.807, 2.05) is 6.92 Å². The fourth-order valence-corrected chi connectivity index (χ4v) is 2.12. The average molecular weight is 255 g/mol. The molecular weight excluding hydrogens is 234 g/mol. The Balaban J connectivity index is 2.61. The molecule has 0 spiro atoms. The van der Waals surface area contributed by atoms with Gasteiger partial charge in [0, 0.05) is 13.0 Å². The molecule has 3 N–H and O–H groups in total. The maximum atomic E-state index is 12.0. The molecule has 1 atom stereocenters. The Morgan fingerprint density at radius 2 is 2.22 bits per heavy atom. The molecule has 0 aromatic rings. The van der Waals surface area contributed by atoms with Gasteiger partial charge in [0.05, 0.1) is 6.54 Å². The Morgan fingerprint density at radius 1 is 1.50 bits per heavy atom. The summed E-state index contributed by atoms with van der Waals surface area (Å²) in [6.45, 7) is 2.48. The van der Waals surface area contributed by atoms with E-state index in [2.05, 4.69) is 5.32 Å². The molecular formula is C12H21N3O3. The molecule has 0 aromatic carbocycles. The van der Waals surface area contributed by atoms with Crippen LogP contribution in [-0.4, -0.2) is 41.8 Å². The largest absolute Gasteiger partial charge is 0.368 e. The van der Waals surface area contributed by atoms with Crippen molar-refractivity contribution in [1.82, 2.24) is 10.2 Å². The van der Waals surface area contributed by atoms with Crippen molar-refractivity contribution in [2.24, 2.45) is 5.73 Å². The van der Waals surface area contributed by atoms with Crippen LogP contribution < -0.4 is 11.1 Å². The van der Waals surface area contributed by atoms with Crippen LogP contribution in [0, 0.1) is 0 Å². The summed E-state index contributed by atoms with van der Waals surface area (Å²) in [7, 11) is 0. The predicted molar refractivity (Wildman–Crippen MR) is 66.5 cm³/mol. The first kappa shape index (κ1) is 14.5. The van der Waals surface area contributed by atoms with Gasteiger partial charge in [0.15, 0.2) is 0 Å². The summed E-state index contributed by atoms with van der Waals surface area (Å²) in [5.41, 5.74) is 4.99. The lowest BCUT2D eigenvalue weighted by molar-refractivity contribution is -0.138. The second-order valence-electron chi connectivity index (χ2n) is 4.53. The second-order valence-corrected chi connectivity index (χ2v) is 4.53. The minimum atomic E-state index is -0.578. The Hall–Kier alpha value is -1.59. The number of carbonyl (C=O) groups excluding carboxylic acids is 3. The van der Waals surface area contributed by atoms with Crippen molar-refractivity contribution < 1.29 is 14.4 Å². The zero-order valence-corrected chi connectivity index (χ0v) is 10.8. The van der Waals surface area contributed by atoms with E-state index in [9.17, 15) is 14.4 Å². The van der Waals surface area contributed by atoms with Crippen molar-refractivity contribution in [1.29, 1.82) is 0 Å². The first-order valence-electron chi connectivity index (χ1n) is 6.41. The molecule has 0 aliphatic carbocycles. The Morgan fingerprint density at radius 3 is 2.72 bits per heavy atom. The number of nitrogens with zero attached hydrogens (tertiary/aromatic N) is 1. The van der Waals surface area contributed by atoms with Crippen molar-refractivity contribution >= 4 is 17.7 Å². The van der Waals surface area contributed by atoms with Crippen molar-refractivity contribution in [2.75, 3.05) is 13.1 Å². The monoisotopic (exact) mass is 255 g/mol. The fourth-order valence-electron chi connectivity index (χ4n) is 2.12. The van der Waals surface area contributed by atoms with Crippen LogP contribution in [0.1, 0.15) is 39.0 Å². The molecule has 102 valence electrons. The lowest BCUT2D eigenvalue weighted by atomic mass is 10.1. The lowest BCUT2D eigenvalue weighted by Crippen LogP contribution is -2.49. The summed E-state index contributed by atoms with van der Waals surface area (Å²) < 4.78 is 0. The van der Waals surface area contributed by atoms with E-state index in [0.717, 1.165) is 19.3 Å². The number of nitrogens with two attached hydrogens (primary N) is 1. The van der Waals surface area contributed by atoms with Gasteiger partial charge in [-0.15, -0.1) is 0 Å². The molecule has 0 aromatic heterocycles. The topological polar surface area (TPSA) is 92.5 Å². The van der Waals surface area contributed by atoms with Crippen molar-refractivity contribution in [3.8, 4) is 0 Å². The van der Waals surface area contributed by atoms with Gasteiger partial charge in [-0.3, -0.25) is 14.4 Å².